The van der Waals surface area contributed by atoms with Crippen molar-refractivity contribution in [2.75, 3.05) is 7.11 Å². The van der Waals surface area contributed by atoms with E-state index < -0.39 is 0 Å². The molecular formula is C22H20N2O2S. The number of nitrogens with one attached hydrogen (secondary N) is 1. The number of carbonyl (C=O) groups excluding carboxylic acids is 1. The van der Waals surface area contributed by atoms with Crippen LogP contribution in [0.5, 0.6) is 5.75 Å². The lowest BCUT2D eigenvalue weighted by Gasteiger charge is -2.25. The maximum atomic E-state index is 13.2. The normalized spacial score (nSPS) is 16.0. The third-order valence-corrected chi connectivity index (χ3v) is 5.51. The van der Waals surface area contributed by atoms with Gasteiger partial charge in [0.1, 0.15) is 11.8 Å². The Morgan fingerprint density at radius 2 is 1.93 bits per heavy atom. The Labute approximate surface area is 162 Å². The fourth-order valence-corrected chi connectivity index (χ4v) is 3.95. The van der Waals surface area contributed by atoms with E-state index in [2.05, 4.69) is 17.6 Å². The fourth-order valence-electron chi connectivity index (χ4n) is 3.16. The molecule has 1 aliphatic heterocycles. The van der Waals surface area contributed by atoms with Gasteiger partial charge >= 0.3 is 0 Å². The predicted octanol–water partition coefficient (Wildman–Crippen LogP) is 4.81. The molecule has 3 aromatic rings. The molecule has 4 nitrogen and oxygen atoms in total. The summed E-state index contributed by atoms with van der Waals surface area (Å²) in [5, 5.41) is 3.74. The van der Waals surface area contributed by atoms with Crippen molar-refractivity contribution in [1.29, 1.82) is 0 Å². The molecule has 0 unspecified atom stereocenters. The van der Waals surface area contributed by atoms with Crippen molar-refractivity contribution in [3.05, 3.63) is 93.7 Å². The van der Waals surface area contributed by atoms with Crippen LogP contribution < -0.4 is 10.2 Å². The van der Waals surface area contributed by atoms with Crippen LogP contribution in [-0.2, 0) is 0 Å². The smallest absolute Gasteiger partial charge is 0.273 e. The summed E-state index contributed by atoms with van der Waals surface area (Å²) in [5.41, 5.74) is 6.98. The van der Waals surface area contributed by atoms with E-state index in [4.69, 9.17) is 4.74 Å². The second-order valence-corrected chi connectivity index (χ2v) is 7.40. The molecule has 0 saturated heterocycles. The number of rotatable bonds is 4. The minimum absolute atomic E-state index is 0.0446. The number of aryl methyl sites for hydroxylation is 1. The average molecular weight is 376 g/mol. The molecule has 0 saturated carbocycles. The van der Waals surface area contributed by atoms with Crippen molar-refractivity contribution >= 4 is 22.9 Å². The van der Waals surface area contributed by atoms with Crippen molar-refractivity contribution in [2.45, 2.75) is 13.0 Å². The first-order chi connectivity index (χ1) is 13.2. The predicted molar refractivity (Wildman–Crippen MR) is 109 cm³/mol. The molecule has 1 aromatic heterocycles. The van der Waals surface area contributed by atoms with Crippen LogP contribution in [0.4, 0.5) is 0 Å². The molecule has 2 heterocycles. The number of hydrazine groups is 1. The molecule has 2 aromatic carbocycles. The zero-order chi connectivity index (χ0) is 18.8. The van der Waals surface area contributed by atoms with Gasteiger partial charge in [0.25, 0.3) is 5.91 Å². The third-order valence-electron chi connectivity index (χ3n) is 4.56. The summed E-state index contributed by atoms with van der Waals surface area (Å²) in [4.78, 5) is 14.3. The highest BCUT2D eigenvalue weighted by Crippen LogP contribution is 2.34. The molecule has 0 fully saturated rings. The number of amides is 1. The van der Waals surface area contributed by atoms with E-state index in [1.165, 1.54) is 0 Å². The van der Waals surface area contributed by atoms with Gasteiger partial charge in [0, 0.05) is 10.4 Å². The Bertz CT molecular complexity index is 978. The van der Waals surface area contributed by atoms with Crippen LogP contribution in [0.15, 0.2) is 72.1 Å². The van der Waals surface area contributed by atoms with E-state index in [9.17, 15) is 4.79 Å². The Balaban J connectivity index is 1.68. The first-order valence-electron chi connectivity index (χ1n) is 8.72. The monoisotopic (exact) mass is 376 g/mol. The second-order valence-electron chi connectivity index (χ2n) is 6.43. The highest BCUT2D eigenvalue weighted by atomic mass is 32.1. The summed E-state index contributed by atoms with van der Waals surface area (Å²) in [6.07, 6.45) is 2.10. The minimum Gasteiger partial charge on any atom is -0.497 e. The highest BCUT2D eigenvalue weighted by molar-refractivity contribution is 7.10. The average Bonchev–Trinajstić information content (AvgIpc) is 3.37. The zero-order valence-electron chi connectivity index (χ0n) is 15.2. The van der Waals surface area contributed by atoms with Crippen molar-refractivity contribution in [1.82, 2.24) is 10.4 Å². The lowest BCUT2D eigenvalue weighted by Crippen LogP contribution is -2.39. The van der Waals surface area contributed by atoms with Crippen molar-refractivity contribution in [3.8, 4) is 5.75 Å². The lowest BCUT2D eigenvalue weighted by molar-refractivity contribution is 0.0675. The molecule has 1 atom stereocenters. The molecule has 4 rings (SSSR count). The first kappa shape index (κ1) is 17.4. The van der Waals surface area contributed by atoms with Gasteiger partial charge in [-0.25, -0.2) is 5.01 Å². The molecule has 0 radical (unpaired) electrons. The van der Waals surface area contributed by atoms with Gasteiger partial charge in [-0.05, 0) is 66.4 Å². The Hall–Kier alpha value is -3.05. The summed E-state index contributed by atoms with van der Waals surface area (Å²) < 4.78 is 5.24. The van der Waals surface area contributed by atoms with Crippen LogP contribution in [0.25, 0.3) is 5.70 Å². The molecule has 136 valence electrons. The number of hydrogen-bond donors (Lipinski definition) is 1. The van der Waals surface area contributed by atoms with Crippen LogP contribution in [0.3, 0.4) is 0 Å². The van der Waals surface area contributed by atoms with E-state index in [0.717, 1.165) is 27.5 Å². The molecule has 0 aliphatic carbocycles. The lowest BCUT2D eigenvalue weighted by atomic mass is 10.1. The third kappa shape index (κ3) is 3.46. The second kappa shape index (κ2) is 7.29. The van der Waals surface area contributed by atoms with Gasteiger partial charge in [0.2, 0.25) is 0 Å². The van der Waals surface area contributed by atoms with Crippen LogP contribution in [0, 0.1) is 6.92 Å². The Morgan fingerprint density at radius 1 is 1.11 bits per heavy atom. The van der Waals surface area contributed by atoms with E-state index in [0.29, 0.717) is 5.56 Å². The number of nitrogens with zero attached hydrogens (tertiary/aromatic N) is 1. The van der Waals surface area contributed by atoms with Crippen molar-refractivity contribution in [3.63, 3.8) is 0 Å². The minimum atomic E-state index is -0.143. The van der Waals surface area contributed by atoms with E-state index in [-0.39, 0.29) is 11.9 Å². The maximum absolute atomic E-state index is 13.2. The molecular weight excluding hydrogens is 356 g/mol. The number of hydrogen-bond acceptors (Lipinski definition) is 4. The molecule has 0 spiro atoms. The van der Waals surface area contributed by atoms with Gasteiger partial charge in [0.15, 0.2) is 0 Å². The van der Waals surface area contributed by atoms with Crippen LogP contribution in [-0.4, -0.2) is 18.0 Å². The largest absolute Gasteiger partial charge is 0.497 e. The van der Waals surface area contributed by atoms with Crippen LogP contribution in [0.1, 0.15) is 32.4 Å². The van der Waals surface area contributed by atoms with Crippen molar-refractivity contribution < 1.29 is 9.53 Å². The number of methoxy groups -OCH3 is 1. The van der Waals surface area contributed by atoms with E-state index in [1.54, 1.807) is 23.5 Å². The quantitative estimate of drug-likeness (QED) is 0.711. The summed E-state index contributed by atoms with van der Waals surface area (Å²) in [7, 11) is 1.65. The molecule has 1 amide bonds. The fraction of sp³-hybridized carbons (Fsp3) is 0.136. The Kier molecular flexibility index (Phi) is 4.69. The van der Waals surface area contributed by atoms with E-state index in [1.807, 2.05) is 66.9 Å². The van der Waals surface area contributed by atoms with Gasteiger partial charge in [-0.3, -0.25) is 10.2 Å². The summed E-state index contributed by atoms with van der Waals surface area (Å²) in [6, 6.07) is 19.4. The number of carbonyl (C=O) groups is 1. The van der Waals surface area contributed by atoms with E-state index >= 15 is 0 Å². The van der Waals surface area contributed by atoms with Gasteiger partial charge < -0.3 is 4.74 Å². The number of benzene rings is 2. The maximum Gasteiger partial charge on any atom is 0.273 e. The van der Waals surface area contributed by atoms with Crippen LogP contribution in [0.2, 0.25) is 0 Å². The summed E-state index contributed by atoms with van der Waals surface area (Å²) in [6.45, 7) is 1.99. The first-order valence-corrected chi connectivity index (χ1v) is 9.60. The summed E-state index contributed by atoms with van der Waals surface area (Å²) in [5.74, 6) is 0.761. The summed E-state index contributed by atoms with van der Waals surface area (Å²) >= 11 is 1.64. The SMILES string of the molecule is COc1ccc(C2=C[C@@H](c3cccs3)N(C(=O)c3cccc(C)c3)N2)cc1. The topological polar surface area (TPSA) is 41.6 Å². The zero-order valence-corrected chi connectivity index (χ0v) is 16.0. The van der Waals surface area contributed by atoms with Gasteiger partial charge in [-0.15, -0.1) is 11.3 Å². The van der Waals surface area contributed by atoms with Gasteiger partial charge in [-0.1, -0.05) is 23.8 Å². The molecule has 1 aliphatic rings. The van der Waals surface area contributed by atoms with Gasteiger partial charge in [-0.2, -0.15) is 0 Å². The van der Waals surface area contributed by atoms with Crippen molar-refractivity contribution in [2.24, 2.45) is 0 Å². The number of thiophene rings is 1. The molecule has 5 heteroatoms. The number of ether oxygens (including phenoxy) is 1. The standard InChI is InChI=1S/C22H20N2O2S/c1-15-5-3-6-17(13-15)22(25)24-20(21-7-4-12-27-21)14-19(23-24)16-8-10-18(26-2)11-9-16/h3-14,20,23H,1-2H3/t20-/m0/s1. The highest BCUT2D eigenvalue weighted by Gasteiger charge is 2.32. The molecule has 0 bridgehead atoms. The molecule has 27 heavy (non-hydrogen) atoms. The Morgan fingerprint density at radius 3 is 2.59 bits per heavy atom. The van der Waals surface area contributed by atoms with Gasteiger partial charge in [0.05, 0.1) is 12.8 Å². The van der Waals surface area contributed by atoms with Crippen LogP contribution >= 0.6 is 11.3 Å². The molecule has 1 N–H and O–H groups in total.